The van der Waals surface area contributed by atoms with E-state index >= 15 is 0 Å². The van der Waals surface area contributed by atoms with Gasteiger partial charge in [-0.2, -0.15) is 0 Å². The Bertz CT molecular complexity index is 793. The van der Waals surface area contributed by atoms with Gasteiger partial charge in [-0.05, 0) is 68.6 Å². The lowest BCUT2D eigenvalue weighted by molar-refractivity contribution is 0.0505. The minimum atomic E-state index is -0.563. The quantitative estimate of drug-likeness (QED) is 0.804. The van der Waals surface area contributed by atoms with Crippen LogP contribution in [0.15, 0.2) is 16.6 Å². The van der Waals surface area contributed by atoms with Gasteiger partial charge >= 0.3 is 6.09 Å². The Labute approximate surface area is 148 Å². The maximum Gasteiger partial charge on any atom is 0.408 e. The van der Waals surface area contributed by atoms with E-state index in [4.69, 9.17) is 4.74 Å². The van der Waals surface area contributed by atoms with Crippen LogP contribution in [0.2, 0.25) is 0 Å². The van der Waals surface area contributed by atoms with Crippen LogP contribution in [0.1, 0.15) is 58.4 Å². The number of imidazole rings is 1. The molecule has 0 bridgehead atoms. The summed E-state index contributed by atoms with van der Waals surface area (Å²) in [5.41, 5.74) is 0.889. The number of carbonyl (C=O) groups excluding carboxylic acids is 1. The molecule has 1 heterocycles. The van der Waals surface area contributed by atoms with E-state index in [2.05, 4.69) is 26.2 Å². The molecular weight excluding hydrogens is 377 g/mol. The van der Waals surface area contributed by atoms with Gasteiger partial charge in [0.15, 0.2) is 0 Å². The van der Waals surface area contributed by atoms with Crippen LogP contribution < -0.4 is 5.32 Å². The lowest BCUT2D eigenvalue weighted by Crippen LogP contribution is -2.34. The molecule has 0 spiro atoms. The summed E-state index contributed by atoms with van der Waals surface area (Å²) in [6.07, 6.45) is 1.57. The van der Waals surface area contributed by atoms with Gasteiger partial charge in [0.2, 0.25) is 0 Å². The zero-order valence-electron chi connectivity index (χ0n) is 14.2. The van der Waals surface area contributed by atoms with Crippen molar-refractivity contribution in [1.82, 2.24) is 14.9 Å². The van der Waals surface area contributed by atoms with Crippen molar-refractivity contribution in [3.63, 3.8) is 0 Å². The highest BCUT2D eigenvalue weighted by Gasteiger charge is 2.32. The molecule has 1 amide bonds. The topological polar surface area (TPSA) is 56.1 Å². The van der Waals surface area contributed by atoms with Crippen LogP contribution in [0.25, 0.3) is 11.0 Å². The van der Waals surface area contributed by atoms with Gasteiger partial charge in [-0.1, -0.05) is 0 Å². The summed E-state index contributed by atoms with van der Waals surface area (Å²) in [7, 11) is 0. The number of fused-ring (bicyclic) bond motifs is 1. The maximum absolute atomic E-state index is 13.9. The van der Waals surface area contributed by atoms with E-state index in [-0.39, 0.29) is 11.9 Å². The standard InChI is InChI=1S/C17H21BrFN3O2/c1-9(20-16(23)24-17(2,3)4)15-21-12-8-7-11(19)13(18)14(12)22(15)10-5-6-10/h7-10H,5-6H2,1-4H3,(H,20,23)/t9-/m0/s1. The molecule has 0 saturated heterocycles. The lowest BCUT2D eigenvalue weighted by atomic mass is 10.2. The Balaban J connectivity index is 1.96. The van der Waals surface area contributed by atoms with E-state index < -0.39 is 11.7 Å². The van der Waals surface area contributed by atoms with Gasteiger partial charge in [0, 0.05) is 6.04 Å². The number of halogens is 2. The van der Waals surface area contributed by atoms with Crippen molar-refractivity contribution in [2.24, 2.45) is 0 Å². The van der Waals surface area contributed by atoms with E-state index in [9.17, 15) is 9.18 Å². The van der Waals surface area contributed by atoms with Crippen LogP contribution in [-0.2, 0) is 4.74 Å². The summed E-state index contributed by atoms with van der Waals surface area (Å²) < 4.78 is 21.7. The molecule has 130 valence electrons. The highest BCUT2D eigenvalue weighted by molar-refractivity contribution is 9.10. The van der Waals surface area contributed by atoms with Crippen molar-refractivity contribution in [1.29, 1.82) is 0 Å². The lowest BCUT2D eigenvalue weighted by Gasteiger charge is -2.22. The second-order valence-electron chi connectivity index (χ2n) is 7.17. The van der Waals surface area contributed by atoms with Crippen LogP contribution >= 0.6 is 15.9 Å². The number of hydrogen-bond acceptors (Lipinski definition) is 3. The fourth-order valence-electron chi connectivity index (χ4n) is 2.70. The summed E-state index contributed by atoms with van der Waals surface area (Å²) in [4.78, 5) is 16.7. The molecule has 1 saturated carbocycles. The van der Waals surface area contributed by atoms with Crippen molar-refractivity contribution in [3.8, 4) is 0 Å². The Morgan fingerprint density at radius 2 is 2.12 bits per heavy atom. The smallest absolute Gasteiger partial charge is 0.408 e. The average Bonchev–Trinajstić information content (AvgIpc) is 3.20. The molecule has 0 unspecified atom stereocenters. The molecule has 1 aromatic heterocycles. The van der Waals surface area contributed by atoms with Crippen LogP contribution in [0.4, 0.5) is 9.18 Å². The van der Waals surface area contributed by atoms with E-state index in [1.165, 1.54) is 6.07 Å². The van der Waals surface area contributed by atoms with Crippen molar-refractivity contribution < 1.29 is 13.9 Å². The fraction of sp³-hybridized carbons (Fsp3) is 0.529. The number of alkyl carbamates (subject to hydrolysis) is 1. The molecule has 1 aromatic carbocycles. The van der Waals surface area contributed by atoms with Gasteiger partial charge in [-0.3, -0.25) is 0 Å². The van der Waals surface area contributed by atoms with Crippen LogP contribution in [0.5, 0.6) is 0 Å². The largest absolute Gasteiger partial charge is 0.444 e. The number of amides is 1. The molecule has 0 aliphatic heterocycles. The Morgan fingerprint density at radius 1 is 1.46 bits per heavy atom. The van der Waals surface area contributed by atoms with Crippen LogP contribution in [0.3, 0.4) is 0 Å². The third-order valence-electron chi connectivity index (χ3n) is 3.80. The van der Waals surface area contributed by atoms with Crippen molar-refractivity contribution in [3.05, 3.63) is 28.2 Å². The first kappa shape index (κ1) is 17.2. The van der Waals surface area contributed by atoms with Crippen molar-refractivity contribution in [2.45, 2.75) is 58.2 Å². The monoisotopic (exact) mass is 397 g/mol. The minimum absolute atomic E-state index is 0.297. The van der Waals surface area contributed by atoms with Crippen LogP contribution in [-0.4, -0.2) is 21.2 Å². The number of benzene rings is 1. The fourth-order valence-corrected chi connectivity index (χ4v) is 3.22. The normalized spacial score (nSPS) is 16.2. The number of carbonyl (C=O) groups is 1. The van der Waals surface area contributed by atoms with E-state index in [0.29, 0.717) is 21.9 Å². The summed E-state index contributed by atoms with van der Waals surface area (Å²) in [6.45, 7) is 7.30. The molecule has 0 radical (unpaired) electrons. The first-order chi connectivity index (χ1) is 11.2. The Hall–Kier alpha value is -1.63. The third-order valence-corrected chi connectivity index (χ3v) is 4.56. The first-order valence-corrected chi connectivity index (χ1v) is 8.82. The van der Waals surface area contributed by atoms with Gasteiger partial charge in [-0.25, -0.2) is 14.2 Å². The molecule has 24 heavy (non-hydrogen) atoms. The number of nitrogens with one attached hydrogen (secondary N) is 1. The molecule has 7 heteroatoms. The first-order valence-electron chi connectivity index (χ1n) is 8.02. The zero-order chi connectivity index (χ0) is 17.6. The summed E-state index contributed by atoms with van der Waals surface area (Å²) in [6, 6.07) is 3.01. The molecule has 1 N–H and O–H groups in total. The second kappa shape index (κ2) is 6.02. The van der Waals surface area contributed by atoms with Crippen molar-refractivity contribution in [2.75, 3.05) is 0 Å². The Morgan fingerprint density at radius 3 is 2.71 bits per heavy atom. The molecule has 1 fully saturated rings. The number of hydrogen-bond donors (Lipinski definition) is 1. The number of ether oxygens (including phenoxy) is 1. The molecule has 2 aromatic rings. The van der Waals surface area contributed by atoms with Gasteiger partial charge < -0.3 is 14.6 Å². The molecule has 3 rings (SSSR count). The number of rotatable bonds is 3. The summed E-state index contributed by atoms with van der Waals surface area (Å²) in [5.74, 6) is 0.397. The number of nitrogens with zero attached hydrogens (tertiary/aromatic N) is 2. The predicted octanol–water partition coefficient (Wildman–Crippen LogP) is 4.86. The zero-order valence-corrected chi connectivity index (χ0v) is 15.8. The molecule has 1 aliphatic carbocycles. The SMILES string of the molecule is C[C@H](NC(=O)OC(C)(C)C)c1nc2ccc(F)c(Br)c2n1C1CC1. The Kier molecular flexibility index (Phi) is 4.32. The molecular formula is C17H21BrFN3O2. The summed E-state index contributed by atoms with van der Waals surface area (Å²) >= 11 is 3.33. The van der Waals surface area contributed by atoms with Crippen LogP contribution in [0, 0.1) is 5.82 Å². The highest BCUT2D eigenvalue weighted by Crippen LogP contribution is 2.42. The van der Waals surface area contributed by atoms with E-state index in [0.717, 1.165) is 18.4 Å². The van der Waals surface area contributed by atoms with Crippen molar-refractivity contribution >= 4 is 33.1 Å². The van der Waals surface area contributed by atoms with Gasteiger partial charge in [-0.15, -0.1) is 0 Å². The highest BCUT2D eigenvalue weighted by atomic mass is 79.9. The predicted molar refractivity (Wildman–Crippen MR) is 93.4 cm³/mol. The van der Waals surface area contributed by atoms with Gasteiger partial charge in [0.05, 0.1) is 21.5 Å². The maximum atomic E-state index is 13.9. The molecule has 1 atom stereocenters. The second-order valence-corrected chi connectivity index (χ2v) is 7.96. The average molecular weight is 398 g/mol. The third kappa shape index (κ3) is 3.41. The summed E-state index contributed by atoms with van der Waals surface area (Å²) in [5, 5.41) is 2.82. The number of aromatic nitrogens is 2. The van der Waals surface area contributed by atoms with E-state index in [1.807, 2.05) is 32.3 Å². The van der Waals surface area contributed by atoms with E-state index in [1.54, 1.807) is 6.07 Å². The van der Waals surface area contributed by atoms with Gasteiger partial charge in [0.25, 0.3) is 0 Å². The molecule has 5 nitrogen and oxygen atoms in total. The van der Waals surface area contributed by atoms with Gasteiger partial charge in [0.1, 0.15) is 17.2 Å². The molecule has 1 aliphatic rings. The minimum Gasteiger partial charge on any atom is -0.444 e.